The fourth-order valence-electron chi connectivity index (χ4n) is 2.45. The van der Waals surface area contributed by atoms with Crippen molar-refractivity contribution in [1.29, 1.82) is 0 Å². The summed E-state index contributed by atoms with van der Waals surface area (Å²) in [5, 5.41) is 13.9. The Labute approximate surface area is 173 Å². The maximum absolute atomic E-state index is 12.4. The van der Waals surface area contributed by atoms with Crippen LogP contribution in [-0.2, 0) is 4.79 Å². The predicted octanol–water partition coefficient (Wildman–Crippen LogP) is 4.48. The van der Waals surface area contributed by atoms with Crippen molar-refractivity contribution in [1.82, 2.24) is 10.2 Å². The first-order chi connectivity index (χ1) is 13.9. The first-order valence-corrected chi connectivity index (χ1v) is 10.1. The van der Waals surface area contributed by atoms with Crippen LogP contribution in [0.2, 0.25) is 0 Å². The van der Waals surface area contributed by atoms with Gasteiger partial charge in [-0.05, 0) is 36.8 Å². The number of benzene rings is 2. The Morgan fingerprint density at radius 2 is 1.83 bits per heavy atom. The highest BCUT2D eigenvalue weighted by Crippen LogP contribution is 2.23. The molecule has 29 heavy (non-hydrogen) atoms. The molecule has 0 fully saturated rings. The zero-order valence-corrected chi connectivity index (χ0v) is 17.2. The van der Waals surface area contributed by atoms with E-state index in [2.05, 4.69) is 20.8 Å². The molecule has 1 aromatic heterocycles. The molecule has 3 aromatic rings. The third-order valence-corrected chi connectivity index (χ3v) is 4.87. The molecular weight excluding hydrogens is 388 g/mol. The number of hydrogen-bond donors (Lipinski definition) is 2. The Morgan fingerprint density at radius 1 is 1.07 bits per heavy atom. The summed E-state index contributed by atoms with van der Waals surface area (Å²) in [4.78, 5) is 24.6. The number of hydrogen-bond acceptors (Lipinski definition) is 6. The van der Waals surface area contributed by atoms with Gasteiger partial charge in [0.05, 0.1) is 5.75 Å². The number of rotatable bonds is 7. The SMILES string of the molecule is Cc1ccc(NC(=O)CSc2nnc(C(C)C)o2)cc1NC(=O)c1ccccc1. The van der Waals surface area contributed by atoms with E-state index in [-0.39, 0.29) is 23.5 Å². The van der Waals surface area contributed by atoms with Gasteiger partial charge in [0, 0.05) is 22.9 Å². The number of carbonyl (C=O) groups excluding carboxylic acids is 2. The molecule has 0 saturated carbocycles. The Balaban J connectivity index is 1.59. The second-order valence-electron chi connectivity index (χ2n) is 6.75. The molecule has 0 spiro atoms. The van der Waals surface area contributed by atoms with Crippen LogP contribution in [0.25, 0.3) is 0 Å². The molecule has 1 heterocycles. The maximum atomic E-state index is 12.4. The number of carbonyl (C=O) groups is 2. The van der Waals surface area contributed by atoms with E-state index >= 15 is 0 Å². The molecule has 0 aliphatic heterocycles. The fraction of sp³-hybridized carbons (Fsp3) is 0.238. The largest absolute Gasteiger partial charge is 0.416 e. The van der Waals surface area contributed by atoms with E-state index < -0.39 is 0 Å². The van der Waals surface area contributed by atoms with Gasteiger partial charge in [0.15, 0.2) is 0 Å². The summed E-state index contributed by atoms with van der Waals surface area (Å²) in [5.74, 6) is 0.417. The number of aromatic nitrogens is 2. The Bertz CT molecular complexity index is 1000. The smallest absolute Gasteiger partial charge is 0.277 e. The molecule has 0 radical (unpaired) electrons. The average molecular weight is 410 g/mol. The maximum Gasteiger partial charge on any atom is 0.277 e. The average Bonchev–Trinajstić information content (AvgIpc) is 3.19. The van der Waals surface area contributed by atoms with Crippen LogP contribution in [0.15, 0.2) is 58.2 Å². The van der Waals surface area contributed by atoms with Crippen LogP contribution in [-0.4, -0.2) is 27.8 Å². The predicted molar refractivity (Wildman–Crippen MR) is 113 cm³/mol. The van der Waals surface area contributed by atoms with Crippen molar-refractivity contribution in [2.45, 2.75) is 31.9 Å². The molecule has 2 aromatic carbocycles. The molecule has 7 nitrogen and oxygen atoms in total. The molecule has 0 aliphatic rings. The van der Waals surface area contributed by atoms with Crippen molar-refractivity contribution in [3.05, 3.63) is 65.5 Å². The van der Waals surface area contributed by atoms with Gasteiger partial charge >= 0.3 is 0 Å². The minimum absolute atomic E-state index is 0.138. The molecule has 2 amide bonds. The first-order valence-electron chi connectivity index (χ1n) is 9.15. The number of aryl methyl sites for hydroxylation is 1. The van der Waals surface area contributed by atoms with Gasteiger partial charge in [-0.15, -0.1) is 10.2 Å². The molecule has 150 valence electrons. The fourth-order valence-corrected chi connectivity index (χ4v) is 3.02. The summed E-state index contributed by atoms with van der Waals surface area (Å²) in [7, 11) is 0. The van der Waals surface area contributed by atoms with E-state index in [0.717, 1.165) is 5.56 Å². The van der Waals surface area contributed by atoms with Crippen LogP contribution in [0.4, 0.5) is 11.4 Å². The summed E-state index contributed by atoms with van der Waals surface area (Å²) in [6, 6.07) is 14.3. The lowest BCUT2D eigenvalue weighted by Crippen LogP contribution is -2.15. The van der Waals surface area contributed by atoms with E-state index in [9.17, 15) is 9.59 Å². The van der Waals surface area contributed by atoms with Gasteiger partial charge in [-0.3, -0.25) is 9.59 Å². The number of thioether (sulfide) groups is 1. The summed E-state index contributed by atoms with van der Waals surface area (Å²) >= 11 is 1.18. The molecule has 0 atom stereocenters. The molecule has 0 saturated heterocycles. The summed E-state index contributed by atoms with van der Waals surface area (Å²) in [5.41, 5.74) is 2.70. The van der Waals surface area contributed by atoms with Crippen LogP contribution >= 0.6 is 11.8 Å². The monoisotopic (exact) mass is 410 g/mol. The van der Waals surface area contributed by atoms with Crippen LogP contribution in [0.1, 0.15) is 41.6 Å². The van der Waals surface area contributed by atoms with Gasteiger partial charge < -0.3 is 15.1 Å². The number of anilines is 2. The summed E-state index contributed by atoms with van der Waals surface area (Å²) in [6.07, 6.45) is 0. The van der Waals surface area contributed by atoms with Crippen molar-refractivity contribution in [3.8, 4) is 0 Å². The zero-order valence-electron chi connectivity index (χ0n) is 16.4. The topological polar surface area (TPSA) is 97.1 Å². The minimum Gasteiger partial charge on any atom is -0.416 e. The first kappa shape index (κ1) is 20.6. The van der Waals surface area contributed by atoms with Crippen molar-refractivity contribution >= 4 is 35.0 Å². The third kappa shape index (κ3) is 5.68. The Morgan fingerprint density at radius 3 is 2.52 bits per heavy atom. The Kier molecular flexibility index (Phi) is 6.66. The highest BCUT2D eigenvalue weighted by molar-refractivity contribution is 7.99. The van der Waals surface area contributed by atoms with Gasteiger partial charge in [0.25, 0.3) is 11.1 Å². The van der Waals surface area contributed by atoms with Gasteiger partial charge in [0.1, 0.15) is 0 Å². The zero-order chi connectivity index (χ0) is 20.8. The van der Waals surface area contributed by atoms with Gasteiger partial charge in [-0.1, -0.05) is 49.9 Å². The van der Waals surface area contributed by atoms with Crippen molar-refractivity contribution < 1.29 is 14.0 Å². The lowest BCUT2D eigenvalue weighted by atomic mass is 10.1. The van der Waals surface area contributed by atoms with E-state index in [0.29, 0.717) is 28.1 Å². The van der Waals surface area contributed by atoms with E-state index in [4.69, 9.17) is 4.42 Å². The second kappa shape index (κ2) is 9.38. The quantitative estimate of drug-likeness (QED) is 0.557. The molecular formula is C21H22N4O3S. The van der Waals surface area contributed by atoms with E-state index in [1.807, 2.05) is 45.0 Å². The third-order valence-electron chi connectivity index (χ3n) is 4.05. The van der Waals surface area contributed by atoms with Crippen molar-refractivity contribution in [2.24, 2.45) is 0 Å². The molecule has 0 unspecified atom stereocenters. The van der Waals surface area contributed by atoms with E-state index in [1.165, 1.54) is 11.8 Å². The second-order valence-corrected chi connectivity index (χ2v) is 7.67. The van der Waals surface area contributed by atoms with E-state index in [1.54, 1.807) is 24.3 Å². The molecule has 0 aliphatic carbocycles. The number of nitrogens with one attached hydrogen (secondary N) is 2. The Hall–Kier alpha value is -3.13. The molecule has 3 rings (SSSR count). The van der Waals surface area contributed by atoms with Gasteiger partial charge in [0.2, 0.25) is 11.8 Å². The highest BCUT2D eigenvalue weighted by Gasteiger charge is 2.13. The van der Waals surface area contributed by atoms with Crippen LogP contribution in [0, 0.1) is 6.92 Å². The molecule has 0 bridgehead atoms. The van der Waals surface area contributed by atoms with Crippen molar-refractivity contribution in [2.75, 3.05) is 16.4 Å². The number of nitrogens with zero attached hydrogens (tertiary/aromatic N) is 2. The molecule has 2 N–H and O–H groups in total. The lowest BCUT2D eigenvalue weighted by molar-refractivity contribution is -0.113. The normalized spacial score (nSPS) is 10.8. The van der Waals surface area contributed by atoms with Crippen LogP contribution in [0.3, 0.4) is 0 Å². The molecule has 8 heteroatoms. The van der Waals surface area contributed by atoms with Gasteiger partial charge in [-0.2, -0.15) is 0 Å². The lowest BCUT2D eigenvalue weighted by Gasteiger charge is -2.11. The number of amides is 2. The minimum atomic E-state index is -0.205. The van der Waals surface area contributed by atoms with Crippen LogP contribution in [0.5, 0.6) is 0 Å². The van der Waals surface area contributed by atoms with Crippen molar-refractivity contribution in [3.63, 3.8) is 0 Å². The standard InChI is InChI=1S/C21H22N4O3S/c1-13(2)20-24-25-21(28-20)29-12-18(26)22-16-10-9-14(3)17(11-16)23-19(27)15-7-5-4-6-8-15/h4-11,13H,12H2,1-3H3,(H,22,26)(H,23,27). The summed E-state index contributed by atoms with van der Waals surface area (Å²) < 4.78 is 5.48. The highest BCUT2D eigenvalue weighted by atomic mass is 32.2. The van der Waals surface area contributed by atoms with Crippen LogP contribution < -0.4 is 10.6 Å². The summed E-state index contributed by atoms with van der Waals surface area (Å²) in [6.45, 7) is 5.81. The van der Waals surface area contributed by atoms with Gasteiger partial charge in [-0.25, -0.2) is 0 Å².